The number of hydrogen-bond donors (Lipinski definition) is 0. The molecule has 1 nitrogen and oxygen atoms in total. The van der Waals surface area contributed by atoms with E-state index in [9.17, 15) is 5.11 Å². The van der Waals surface area contributed by atoms with Crippen LogP contribution in [0, 0.1) is 0 Å². The van der Waals surface area contributed by atoms with Crippen LogP contribution in [0.2, 0.25) is 0 Å². The van der Waals surface area contributed by atoms with Crippen LogP contribution in [-0.4, -0.2) is 0 Å². The Morgan fingerprint density at radius 1 is 1.23 bits per heavy atom. The van der Waals surface area contributed by atoms with Crippen LogP contribution in [0.1, 0.15) is 31.7 Å². The predicted octanol–water partition coefficient (Wildman–Crippen LogP) is -0.725. The number of benzene rings is 1. The minimum absolute atomic E-state index is 0. The maximum Gasteiger partial charge on any atom is 2.00 e. The standard InChI is InChI=1S/C10H14O.ClH.Zr/c1-3-8(2)9-4-6-10(11)7-5-9;;/h4-8,11H,3H2,1-2H3;1H;/q;;+2/p-2. The van der Waals surface area contributed by atoms with Gasteiger partial charge in [-0.15, -0.1) is 5.75 Å². The second-order valence-corrected chi connectivity index (χ2v) is 2.88. The van der Waals surface area contributed by atoms with Crippen molar-refractivity contribution in [2.45, 2.75) is 26.2 Å². The van der Waals surface area contributed by atoms with E-state index in [2.05, 4.69) is 13.8 Å². The van der Waals surface area contributed by atoms with Crippen LogP contribution < -0.4 is 17.5 Å². The van der Waals surface area contributed by atoms with Crippen LogP contribution in [0.4, 0.5) is 0 Å². The van der Waals surface area contributed by atoms with Crippen molar-refractivity contribution >= 4 is 0 Å². The molecule has 1 atom stereocenters. The minimum Gasteiger partial charge on any atom is -1.00 e. The zero-order valence-electron chi connectivity index (χ0n) is 7.88. The maximum atomic E-state index is 10.7. The Bertz CT molecular complexity index is 223. The third-order valence-electron chi connectivity index (χ3n) is 2.06. The van der Waals surface area contributed by atoms with Gasteiger partial charge < -0.3 is 17.5 Å². The molecular formula is C10H13ClOZr. The second kappa shape index (κ2) is 7.58. The van der Waals surface area contributed by atoms with Crippen LogP contribution >= 0.6 is 0 Å². The molecule has 3 heteroatoms. The van der Waals surface area contributed by atoms with Gasteiger partial charge in [0.05, 0.1) is 0 Å². The summed E-state index contributed by atoms with van der Waals surface area (Å²) in [5, 5.41) is 10.7. The summed E-state index contributed by atoms with van der Waals surface area (Å²) in [6.07, 6.45) is 1.12. The van der Waals surface area contributed by atoms with Gasteiger partial charge in [0, 0.05) is 0 Å². The number of hydrogen-bond acceptors (Lipinski definition) is 1. The van der Waals surface area contributed by atoms with Gasteiger partial charge in [0.15, 0.2) is 0 Å². The molecule has 0 spiro atoms. The van der Waals surface area contributed by atoms with Gasteiger partial charge in [0.1, 0.15) is 0 Å². The first-order valence-electron chi connectivity index (χ1n) is 4.01. The van der Waals surface area contributed by atoms with Crippen LogP contribution in [0.3, 0.4) is 0 Å². The van der Waals surface area contributed by atoms with E-state index in [1.165, 1.54) is 5.56 Å². The maximum absolute atomic E-state index is 10.7. The van der Waals surface area contributed by atoms with Crippen molar-refractivity contribution in [3.05, 3.63) is 29.8 Å². The summed E-state index contributed by atoms with van der Waals surface area (Å²) in [4.78, 5) is 0. The second-order valence-electron chi connectivity index (χ2n) is 2.88. The molecule has 0 aliphatic rings. The van der Waals surface area contributed by atoms with Gasteiger partial charge in [0.25, 0.3) is 0 Å². The Morgan fingerprint density at radius 2 is 1.69 bits per heavy atom. The molecule has 1 aromatic rings. The first-order valence-corrected chi connectivity index (χ1v) is 4.01. The number of rotatable bonds is 2. The zero-order valence-corrected chi connectivity index (χ0v) is 11.1. The monoisotopic (exact) mass is 274 g/mol. The molecule has 13 heavy (non-hydrogen) atoms. The van der Waals surface area contributed by atoms with Crippen molar-refractivity contribution in [3.63, 3.8) is 0 Å². The summed E-state index contributed by atoms with van der Waals surface area (Å²) < 4.78 is 0. The molecule has 1 rings (SSSR count). The molecule has 1 unspecified atom stereocenters. The molecule has 0 aromatic heterocycles. The Balaban J connectivity index is 0. The van der Waals surface area contributed by atoms with Gasteiger partial charge in [0.2, 0.25) is 0 Å². The molecule has 0 aliphatic heterocycles. The van der Waals surface area contributed by atoms with Crippen molar-refractivity contribution in [1.29, 1.82) is 0 Å². The van der Waals surface area contributed by atoms with Crippen molar-refractivity contribution in [3.8, 4) is 5.75 Å². The number of halogens is 1. The van der Waals surface area contributed by atoms with E-state index in [0.29, 0.717) is 5.92 Å². The van der Waals surface area contributed by atoms with Gasteiger partial charge in [-0.05, 0) is 17.9 Å². The zero-order chi connectivity index (χ0) is 8.27. The summed E-state index contributed by atoms with van der Waals surface area (Å²) >= 11 is 0. The van der Waals surface area contributed by atoms with Crippen molar-refractivity contribution in [2.75, 3.05) is 0 Å². The van der Waals surface area contributed by atoms with Crippen molar-refractivity contribution in [1.82, 2.24) is 0 Å². The fraction of sp³-hybridized carbons (Fsp3) is 0.400. The summed E-state index contributed by atoms with van der Waals surface area (Å²) in [6, 6.07) is 7.08. The molecule has 0 fully saturated rings. The summed E-state index contributed by atoms with van der Waals surface area (Å²) in [5.41, 5.74) is 1.26. The van der Waals surface area contributed by atoms with E-state index in [0.717, 1.165) is 6.42 Å². The van der Waals surface area contributed by atoms with E-state index in [-0.39, 0.29) is 44.4 Å². The first-order chi connectivity index (χ1) is 5.24. The van der Waals surface area contributed by atoms with E-state index < -0.39 is 0 Å². The average Bonchev–Trinajstić information content (AvgIpc) is 2.05. The summed E-state index contributed by atoms with van der Waals surface area (Å²) in [7, 11) is 0. The normalized spacial score (nSPS) is 10.9. The summed E-state index contributed by atoms with van der Waals surface area (Å²) in [5.74, 6) is 0.660. The molecule has 0 radical (unpaired) electrons. The van der Waals surface area contributed by atoms with Crippen molar-refractivity contribution < 1.29 is 43.7 Å². The van der Waals surface area contributed by atoms with Crippen LogP contribution in [-0.2, 0) is 26.2 Å². The van der Waals surface area contributed by atoms with Crippen LogP contribution in [0.15, 0.2) is 24.3 Å². The van der Waals surface area contributed by atoms with E-state index in [1.54, 1.807) is 12.1 Å². The average molecular weight is 276 g/mol. The topological polar surface area (TPSA) is 23.1 Å². The van der Waals surface area contributed by atoms with Gasteiger partial charge in [-0.1, -0.05) is 38.1 Å². The molecule has 0 heterocycles. The van der Waals surface area contributed by atoms with Crippen molar-refractivity contribution in [2.24, 2.45) is 0 Å². The molecule has 0 N–H and O–H groups in total. The van der Waals surface area contributed by atoms with Crippen LogP contribution in [0.25, 0.3) is 0 Å². The molecule has 0 amide bonds. The van der Waals surface area contributed by atoms with E-state index in [4.69, 9.17) is 0 Å². The fourth-order valence-electron chi connectivity index (χ4n) is 1.03. The van der Waals surface area contributed by atoms with Crippen LogP contribution in [0.5, 0.6) is 5.75 Å². The predicted molar refractivity (Wildman–Crippen MR) is 44.6 cm³/mol. The minimum atomic E-state index is 0. The molecule has 0 saturated carbocycles. The Hall–Kier alpha value is 0.193. The van der Waals surface area contributed by atoms with E-state index in [1.807, 2.05) is 12.1 Å². The molecule has 1 aromatic carbocycles. The van der Waals surface area contributed by atoms with Gasteiger partial charge in [-0.3, -0.25) is 0 Å². The van der Waals surface area contributed by atoms with Gasteiger partial charge >= 0.3 is 26.2 Å². The smallest absolute Gasteiger partial charge is 1.00 e. The molecule has 0 bridgehead atoms. The molecular weight excluding hydrogens is 263 g/mol. The largest absolute Gasteiger partial charge is 2.00 e. The third-order valence-corrected chi connectivity index (χ3v) is 2.06. The molecule has 0 aliphatic carbocycles. The Morgan fingerprint density at radius 3 is 2.08 bits per heavy atom. The van der Waals surface area contributed by atoms with Gasteiger partial charge in [-0.25, -0.2) is 0 Å². The first kappa shape index (κ1) is 15.7. The molecule has 0 saturated heterocycles. The van der Waals surface area contributed by atoms with Gasteiger partial charge in [-0.2, -0.15) is 0 Å². The third kappa shape index (κ3) is 4.83. The van der Waals surface area contributed by atoms with E-state index >= 15 is 0 Å². The Kier molecular flexibility index (Phi) is 9.13. The molecule has 70 valence electrons. The summed E-state index contributed by atoms with van der Waals surface area (Å²) in [6.45, 7) is 4.32. The fourth-order valence-corrected chi connectivity index (χ4v) is 1.03. The SMILES string of the molecule is CCC(C)c1ccc([O-])cc1.[Cl-].[Zr+2]. The quantitative estimate of drug-likeness (QED) is 0.698. The Labute approximate surface area is 105 Å².